The van der Waals surface area contributed by atoms with Crippen LogP contribution in [0.25, 0.3) is 0 Å². The zero-order valence-electron chi connectivity index (χ0n) is 11.2. The van der Waals surface area contributed by atoms with E-state index in [4.69, 9.17) is 0 Å². The Labute approximate surface area is 95.7 Å². The van der Waals surface area contributed by atoms with Crippen LogP contribution >= 0.6 is 0 Å². The minimum Gasteiger partial charge on any atom is -0.0656 e. The fourth-order valence-electron chi connectivity index (χ4n) is 1.56. The standard InChI is InChI=1S/C12H18.C3H8/c1-5-10-8-6-7-9-11(10)12(2,3)4;1-3-2/h6-9H,5H2,1-4H3;3H2,1-2H3. The highest BCUT2D eigenvalue weighted by molar-refractivity contribution is 5.32. The van der Waals surface area contributed by atoms with Gasteiger partial charge in [-0.15, -0.1) is 0 Å². The van der Waals surface area contributed by atoms with Crippen LogP contribution in [0.3, 0.4) is 0 Å². The van der Waals surface area contributed by atoms with Crippen LogP contribution in [0.4, 0.5) is 0 Å². The fraction of sp³-hybridized carbons (Fsp3) is 0.600. The van der Waals surface area contributed by atoms with Gasteiger partial charge in [0.2, 0.25) is 0 Å². The van der Waals surface area contributed by atoms with Crippen LogP contribution in [0.2, 0.25) is 0 Å². The molecule has 0 spiro atoms. The van der Waals surface area contributed by atoms with E-state index in [-0.39, 0.29) is 5.41 Å². The lowest BCUT2D eigenvalue weighted by molar-refractivity contribution is 0.583. The van der Waals surface area contributed by atoms with Gasteiger partial charge in [-0.1, -0.05) is 72.2 Å². The van der Waals surface area contributed by atoms with Gasteiger partial charge in [0.1, 0.15) is 0 Å². The third-order valence-electron chi connectivity index (χ3n) is 2.21. The molecule has 0 unspecified atom stereocenters. The molecule has 0 aliphatic rings. The zero-order chi connectivity index (χ0) is 11.9. The summed E-state index contributed by atoms with van der Waals surface area (Å²) in [7, 11) is 0. The second-order valence-electron chi connectivity index (χ2n) is 4.97. The minimum absolute atomic E-state index is 0.284. The van der Waals surface area contributed by atoms with Crippen molar-refractivity contribution in [3.05, 3.63) is 35.4 Å². The summed E-state index contributed by atoms with van der Waals surface area (Å²) in [6.45, 7) is 13.3. The molecule has 0 heterocycles. The van der Waals surface area contributed by atoms with Crippen LogP contribution in [-0.2, 0) is 11.8 Å². The van der Waals surface area contributed by atoms with Gasteiger partial charge < -0.3 is 0 Å². The summed E-state index contributed by atoms with van der Waals surface area (Å²) < 4.78 is 0. The fourth-order valence-corrected chi connectivity index (χ4v) is 1.56. The van der Waals surface area contributed by atoms with Gasteiger partial charge in [-0.3, -0.25) is 0 Å². The van der Waals surface area contributed by atoms with E-state index in [1.54, 1.807) is 0 Å². The summed E-state index contributed by atoms with van der Waals surface area (Å²) in [5, 5.41) is 0. The maximum absolute atomic E-state index is 2.27. The number of aryl methyl sites for hydroxylation is 1. The average Bonchev–Trinajstić information content (AvgIpc) is 2.18. The van der Waals surface area contributed by atoms with E-state index in [9.17, 15) is 0 Å². The van der Waals surface area contributed by atoms with E-state index in [1.165, 1.54) is 17.5 Å². The molecular formula is C15H26. The predicted molar refractivity (Wildman–Crippen MR) is 70.5 cm³/mol. The van der Waals surface area contributed by atoms with E-state index < -0.39 is 0 Å². The summed E-state index contributed by atoms with van der Waals surface area (Å²) >= 11 is 0. The Balaban J connectivity index is 0.000000583. The second kappa shape index (κ2) is 6.66. The highest BCUT2D eigenvalue weighted by Crippen LogP contribution is 2.25. The van der Waals surface area contributed by atoms with Crippen LogP contribution < -0.4 is 0 Å². The third kappa shape index (κ3) is 5.01. The topological polar surface area (TPSA) is 0 Å². The van der Waals surface area contributed by atoms with Crippen LogP contribution in [0.15, 0.2) is 24.3 Å². The molecule has 0 N–H and O–H groups in total. The lowest BCUT2D eigenvalue weighted by Crippen LogP contribution is -2.13. The van der Waals surface area contributed by atoms with Gasteiger partial charge in [0.25, 0.3) is 0 Å². The smallest absolute Gasteiger partial charge is 0.0129 e. The van der Waals surface area contributed by atoms with Crippen molar-refractivity contribution in [2.75, 3.05) is 0 Å². The van der Waals surface area contributed by atoms with Crippen molar-refractivity contribution in [3.63, 3.8) is 0 Å². The zero-order valence-corrected chi connectivity index (χ0v) is 11.2. The van der Waals surface area contributed by atoms with Crippen LogP contribution in [0, 0.1) is 0 Å². The average molecular weight is 206 g/mol. The Hall–Kier alpha value is -0.780. The molecule has 0 amide bonds. The van der Waals surface area contributed by atoms with Crippen LogP contribution in [0.5, 0.6) is 0 Å². The molecule has 0 aromatic heterocycles. The Morgan fingerprint density at radius 2 is 1.40 bits per heavy atom. The SMILES string of the molecule is CCC.CCc1ccccc1C(C)(C)C. The van der Waals surface area contributed by atoms with Gasteiger partial charge in [-0.2, -0.15) is 0 Å². The maximum Gasteiger partial charge on any atom is -0.0129 e. The Kier molecular flexibility index (Phi) is 6.31. The largest absolute Gasteiger partial charge is 0.0656 e. The summed E-state index contributed by atoms with van der Waals surface area (Å²) in [6.07, 6.45) is 2.38. The van der Waals surface area contributed by atoms with Crippen LogP contribution in [0.1, 0.15) is 59.1 Å². The molecule has 0 fully saturated rings. The number of rotatable bonds is 1. The van der Waals surface area contributed by atoms with Crippen molar-refractivity contribution in [1.82, 2.24) is 0 Å². The van der Waals surface area contributed by atoms with Gasteiger partial charge in [0, 0.05) is 0 Å². The molecule has 0 heteroatoms. The van der Waals surface area contributed by atoms with E-state index in [0.717, 1.165) is 6.42 Å². The molecule has 0 saturated heterocycles. The van der Waals surface area contributed by atoms with Gasteiger partial charge >= 0.3 is 0 Å². The Morgan fingerprint density at radius 1 is 0.933 bits per heavy atom. The molecule has 0 atom stereocenters. The van der Waals surface area contributed by atoms with Crippen LogP contribution in [-0.4, -0.2) is 0 Å². The third-order valence-corrected chi connectivity index (χ3v) is 2.21. The van der Waals surface area contributed by atoms with Gasteiger partial charge in [0.05, 0.1) is 0 Å². The Morgan fingerprint density at radius 3 is 1.73 bits per heavy atom. The molecule has 1 aromatic carbocycles. The molecular weight excluding hydrogens is 180 g/mol. The quantitative estimate of drug-likeness (QED) is 0.609. The molecule has 0 aliphatic heterocycles. The Bertz CT molecular complexity index is 266. The molecule has 1 rings (SSSR count). The van der Waals surface area contributed by atoms with Crippen molar-refractivity contribution in [3.8, 4) is 0 Å². The van der Waals surface area contributed by atoms with Gasteiger partial charge in [0.15, 0.2) is 0 Å². The molecule has 0 nitrogen and oxygen atoms in total. The maximum atomic E-state index is 2.27. The molecule has 1 aromatic rings. The first-order valence-electron chi connectivity index (χ1n) is 6.05. The lowest BCUT2D eigenvalue weighted by atomic mass is 9.83. The van der Waals surface area contributed by atoms with E-state index in [2.05, 4.69) is 65.8 Å². The summed E-state index contributed by atoms with van der Waals surface area (Å²) in [5.41, 5.74) is 3.24. The first-order valence-corrected chi connectivity index (χ1v) is 6.05. The molecule has 15 heavy (non-hydrogen) atoms. The van der Waals surface area contributed by atoms with Crippen molar-refractivity contribution in [2.45, 2.75) is 59.8 Å². The van der Waals surface area contributed by atoms with Crippen molar-refractivity contribution < 1.29 is 0 Å². The van der Waals surface area contributed by atoms with E-state index >= 15 is 0 Å². The second-order valence-corrected chi connectivity index (χ2v) is 4.97. The molecule has 0 radical (unpaired) electrons. The summed E-state index contributed by atoms with van der Waals surface area (Å²) in [6, 6.07) is 8.70. The predicted octanol–water partition coefficient (Wildman–Crippen LogP) is 4.96. The van der Waals surface area contributed by atoms with Gasteiger partial charge in [-0.05, 0) is 23.0 Å². The molecule has 0 bridgehead atoms. The monoisotopic (exact) mass is 206 g/mol. The number of hydrogen-bond acceptors (Lipinski definition) is 0. The van der Waals surface area contributed by atoms with Crippen molar-refractivity contribution in [1.29, 1.82) is 0 Å². The number of hydrogen-bond donors (Lipinski definition) is 0. The van der Waals surface area contributed by atoms with Crippen molar-refractivity contribution in [2.24, 2.45) is 0 Å². The molecule has 0 saturated carbocycles. The highest BCUT2D eigenvalue weighted by atomic mass is 14.2. The summed E-state index contributed by atoms with van der Waals surface area (Å²) in [5.74, 6) is 0. The lowest BCUT2D eigenvalue weighted by Gasteiger charge is -2.22. The minimum atomic E-state index is 0.284. The normalized spacial score (nSPS) is 10.5. The van der Waals surface area contributed by atoms with E-state index in [1.807, 2.05) is 0 Å². The van der Waals surface area contributed by atoms with Gasteiger partial charge in [-0.25, -0.2) is 0 Å². The number of benzene rings is 1. The highest BCUT2D eigenvalue weighted by Gasteiger charge is 2.15. The molecule has 86 valence electrons. The molecule has 0 aliphatic carbocycles. The first kappa shape index (κ1) is 14.2. The summed E-state index contributed by atoms with van der Waals surface area (Å²) in [4.78, 5) is 0. The first-order chi connectivity index (χ1) is 6.97. The van der Waals surface area contributed by atoms with E-state index in [0.29, 0.717) is 0 Å². The van der Waals surface area contributed by atoms with Crippen molar-refractivity contribution >= 4 is 0 Å².